The van der Waals surface area contributed by atoms with Crippen LogP contribution >= 0.6 is 21.6 Å². The highest BCUT2D eigenvalue weighted by Gasteiger charge is 2.32. The third kappa shape index (κ3) is 4.20. The van der Waals surface area contributed by atoms with Gasteiger partial charge in [0.05, 0.1) is 6.42 Å². The van der Waals surface area contributed by atoms with E-state index < -0.39 is 17.8 Å². The summed E-state index contributed by atoms with van der Waals surface area (Å²) in [6.07, 6.45) is 3.56. The molecule has 7 nitrogen and oxygen atoms in total. The minimum atomic E-state index is -0.601. The van der Waals surface area contributed by atoms with Crippen molar-refractivity contribution in [3.8, 4) is 0 Å². The van der Waals surface area contributed by atoms with Gasteiger partial charge >= 0.3 is 5.97 Å². The first-order valence-electron chi connectivity index (χ1n) is 5.80. The van der Waals surface area contributed by atoms with Crippen molar-refractivity contribution in [3.63, 3.8) is 0 Å². The Kier molecular flexibility index (Phi) is 5.36. The van der Waals surface area contributed by atoms with Gasteiger partial charge < -0.3 is 4.84 Å². The number of imide groups is 1. The van der Waals surface area contributed by atoms with E-state index in [9.17, 15) is 14.4 Å². The second-order valence-electron chi connectivity index (χ2n) is 3.73. The van der Waals surface area contributed by atoms with Crippen molar-refractivity contribution in [2.24, 2.45) is 0 Å². The molecule has 0 bridgehead atoms. The number of hydrogen-bond acceptors (Lipinski definition) is 8. The van der Waals surface area contributed by atoms with Crippen LogP contribution in [-0.2, 0) is 19.2 Å². The molecule has 1 aliphatic rings. The van der Waals surface area contributed by atoms with Crippen LogP contribution in [0.3, 0.4) is 0 Å². The quantitative estimate of drug-likeness (QED) is 0.335. The van der Waals surface area contributed by atoms with Gasteiger partial charge in [0.15, 0.2) is 5.16 Å². The minimum absolute atomic E-state index is 0.0988. The summed E-state index contributed by atoms with van der Waals surface area (Å²) in [5, 5.41) is 1.16. The predicted octanol–water partition coefficient (Wildman–Crippen LogP) is 1.21. The molecule has 0 spiro atoms. The summed E-state index contributed by atoms with van der Waals surface area (Å²) in [5.41, 5.74) is 0. The fraction of sp³-hybridized carbons (Fsp3) is 0.364. The SMILES string of the molecule is O=C(CCSSc1ncccn1)ON1C(=O)CCC1=O. The highest BCUT2D eigenvalue weighted by molar-refractivity contribution is 8.76. The predicted molar refractivity (Wildman–Crippen MR) is 72.1 cm³/mol. The number of hydrogen-bond donors (Lipinski definition) is 0. The van der Waals surface area contributed by atoms with Gasteiger partial charge in [0.2, 0.25) is 0 Å². The first-order valence-corrected chi connectivity index (χ1v) is 8.12. The van der Waals surface area contributed by atoms with E-state index in [1.54, 1.807) is 18.5 Å². The van der Waals surface area contributed by atoms with Gasteiger partial charge in [-0.15, -0.1) is 5.06 Å². The van der Waals surface area contributed by atoms with E-state index in [0.29, 0.717) is 16.0 Å². The van der Waals surface area contributed by atoms with Crippen LogP contribution in [0.1, 0.15) is 19.3 Å². The molecule has 2 heterocycles. The second-order valence-corrected chi connectivity index (χ2v) is 6.11. The van der Waals surface area contributed by atoms with Crippen LogP contribution < -0.4 is 0 Å². The normalized spacial score (nSPS) is 14.7. The average Bonchev–Trinajstić information content (AvgIpc) is 2.77. The van der Waals surface area contributed by atoms with Crippen LogP contribution in [0, 0.1) is 0 Å². The summed E-state index contributed by atoms with van der Waals surface area (Å²) >= 11 is 0. The van der Waals surface area contributed by atoms with E-state index in [-0.39, 0.29) is 19.3 Å². The van der Waals surface area contributed by atoms with Crippen molar-refractivity contribution in [2.45, 2.75) is 24.4 Å². The zero-order valence-corrected chi connectivity index (χ0v) is 12.0. The Hall–Kier alpha value is -1.61. The fourth-order valence-electron chi connectivity index (χ4n) is 1.35. The molecule has 0 atom stereocenters. The summed E-state index contributed by atoms with van der Waals surface area (Å²) < 4.78 is 0. The van der Waals surface area contributed by atoms with E-state index >= 15 is 0 Å². The average molecular weight is 313 g/mol. The molecule has 0 N–H and O–H groups in total. The third-order valence-corrected chi connectivity index (χ3v) is 4.41. The first kappa shape index (κ1) is 14.8. The van der Waals surface area contributed by atoms with Crippen LogP contribution in [0.4, 0.5) is 0 Å². The van der Waals surface area contributed by atoms with Crippen molar-refractivity contribution < 1.29 is 19.2 Å². The largest absolute Gasteiger partial charge is 0.334 e. The molecule has 1 fully saturated rings. The van der Waals surface area contributed by atoms with Crippen LogP contribution in [0.2, 0.25) is 0 Å². The number of aromatic nitrogens is 2. The molecule has 0 saturated carbocycles. The van der Waals surface area contributed by atoms with E-state index in [4.69, 9.17) is 4.84 Å². The molecule has 2 rings (SSSR count). The molecule has 1 aromatic heterocycles. The van der Waals surface area contributed by atoms with Gasteiger partial charge in [-0.2, -0.15) is 0 Å². The number of rotatable bonds is 6. The van der Waals surface area contributed by atoms with Crippen LogP contribution in [0.15, 0.2) is 23.6 Å². The molecule has 106 valence electrons. The molecule has 1 saturated heterocycles. The smallest absolute Gasteiger partial charge is 0.330 e. The molecular weight excluding hydrogens is 302 g/mol. The fourth-order valence-corrected chi connectivity index (χ4v) is 3.07. The van der Waals surface area contributed by atoms with Crippen LogP contribution in [-0.4, -0.2) is 38.6 Å². The molecular formula is C11H11N3O4S2. The molecule has 1 aromatic rings. The van der Waals surface area contributed by atoms with E-state index in [1.807, 2.05) is 0 Å². The molecule has 0 aromatic carbocycles. The van der Waals surface area contributed by atoms with E-state index in [1.165, 1.54) is 21.6 Å². The zero-order chi connectivity index (χ0) is 14.4. The van der Waals surface area contributed by atoms with Crippen molar-refractivity contribution in [3.05, 3.63) is 18.5 Å². The summed E-state index contributed by atoms with van der Waals surface area (Å²) in [6.45, 7) is 0. The molecule has 20 heavy (non-hydrogen) atoms. The van der Waals surface area contributed by atoms with Gasteiger partial charge in [0.1, 0.15) is 0 Å². The number of hydroxylamine groups is 2. The first-order chi connectivity index (χ1) is 9.66. The maximum atomic E-state index is 11.5. The van der Waals surface area contributed by atoms with Gasteiger partial charge in [-0.05, 0) is 16.9 Å². The minimum Gasteiger partial charge on any atom is -0.330 e. The Labute approximate surface area is 122 Å². The van der Waals surface area contributed by atoms with Crippen LogP contribution in [0.5, 0.6) is 0 Å². The van der Waals surface area contributed by atoms with E-state index in [2.05, 4.69) is 9.97 Å². The lowest BCUT2D eigenvalue weighted by molar-refractivity contribution is -0.197. The van der Waals surface area contributed by atoms with Crippen molar-refractivity contribution >= 4 is 39.4 Å². The summed E-state index contributed by atoms with van der Waals surface area (Å²) in [5.74, 6) is -1.07. The topological polar surface area (TPSA) is 89.5 Å². The number of nitrogens with zero attached hydrogens (tertiary/aromatic N) is 3. The lowest BCUT2D eigenvalue weighted by atomic mass is 10.4. The van der Waals surface area contributed by atoms with Crippen molar-refractivity contribution in [1.29, 1.82) is 0 Å². The van der Waals surface area contributed by atoms with E-state index in [0.717, 1.165) is 0 Å². The second kappa shape index (κ2) is 7.25. The Morgan fingerprint density at radius 1 is 1.25 bits per heavy atom. The lowest BCUT2D eigenvalue weighted by Gasteiger charge is -2.12. The van der Waals surface area contributed by atoms with Gasteiger partial charge in [-0.1, -0.05) is 10.8 Å². The van der Waals surface area contributed by atoms with Gasteiger partial charge in [0, 0.05) is 31.0 Å². The highest BCUT2D eigenvalue weighted by atomic mass is 33.1. The summed E-state index contributed by atoms with van der Waals surface area (Å²) in [6, 6.07) is 1.72. The Bertz CT molecular complexity index is 496. The number of carbonyl (C=O) groups excluding carboxylic acids is 3. The molecule has 0 unspecified atom stereocenters. The maximum absolute atomic E-state index is 11.5. The van der Waals surface area contributed by atoms with Crippen molar-refractivity contribution in [2.75, 3.05) is 5.75 Å². The van der Waals surface area contributed by atoms with Crippen LogP contribution in [0.25, 0.3) is 0 Å². The molecule has 2 amide bonds. The number of carbonyl (C=O) groups is 3. The highest BCUT2D eigenvalue weighted by Crippen LogP contribution is 2.28. The van der Waals surface area contributed by atoms with Gasteiger partial charge in [-0.3, -0.25) is 9.59 Å². The standard InChI is InChI=1S/C11H11N3O4S2/c15-8-2-3-9(16)14(8)18-10(17)4-7-19-20-11-12-5-1-6-13-11/h1,5-6H,2-4,7H2. The molecule has 0 radical (unpaired) electrons. The number of amides is 2. The molecule has 1 aliphatic heterocycles. The van der Waals surface area contributed by atoms with Gasteiger partial charge in [-0.25, -0.2) is 14.8 Å². The summed E-state index contributed by atoms with van der Waals surface area (Å²) in [7, 11) is 2.74. The monoisotopic (exact) mass is 313 g/mol. The molecule has 9 heteroatoms. The Morgan fingerprint density at radius 3 is 2.55 bits per heavy atom. The Balaban J connectivity index is 1.65. The van der Waals surface area contributed by atoms with Crippen molar-refractivity contribution in [1.82, 2.24) is 15.0 Å². The zero-order valence-electron chi connectivity index (χ0n) is 10.4. The third-order valence-electron chi connectivity index (χ3n) is 2.26. The lowest BCUT2D eigenvalue weighted by Crippen LogP contribution is -2.32. The summed E-state index contributed by atoms with van der Waals surface area (Å²) in [4.78, 5) is 46.7. The molecule has 0 aliphatic carbocycles. The Morgan fingerprint density at radius 2 is 1.90 bits per heavy atom. The van der Waals surface area contributed by atoms with Gasteiger partial charge in [0.25, 0.3) is 11.8 Å². The maximum Gasteiger partial charge on any atom is 0.334 e.